The first kappa shape index (κ1) is 13.8. The zero-order valence-electron chi connectivity index (χ0n) is 10.4. The van der Waals surface area contributed by atoms with Gasteiger partial charge >= 0.3 is 6.18 Å². The number of carbonyl (C=O) groups is 1. The zero-order valence-corrected chi connectivity index (χ0v) is 10.4. The summed E-state index contributed by atoms with van der Waals surface area (Å²) in [6, 6.07) is 1.72. The molecule has 0 aromatic carbocycles. The Morgan fingerprint density at radius 2 is 2.21 bits per heavy atom. The van der Waals surface area contributed by atoms with Gasteiger partial charge in [-0.05, 0) is 30.9 Å². The molecular formula is C13H15F3N2O. The van der Waals surface area contributed by atoms with Crippen molar-refractivity contribution in [1.82, 2.24) is 9.88 Å². The van der Waals surface area contributed by atoms with Crippen molar-refractivity contribution < 1.29 is 18.0 Å². The van der Waals surface area contributed by atoms with Crippen LogP contribution in [0.15, 0.2) is 24.5 Å². The van der Waals surface area contributed by atoms with Crippen LogP contribution in [0, 0.1) is 0 Å². The number of hydrogen-bond donors (Lipinski definition) is 0. The molecule has 0 bridgehead atoms. The van der Waals surface area contributed by atoms with Gasteiger partial charge in [-0.15, -0.1) is 0 Å². The average molecular weight is 272 g/mol. The highest BCUT2D eigenvalue weighted by molar-refractivity contribution is 5.79. The predicted molar refractivity (Wildman–Crippen MR) is 63.3 cm³/mol. The normalized spacial score (nSPS) is 20.4. The quantitative estimate of drug-likeness (QED) is 0.829. The van der Waals surface area contributed by atoms with Crippen LogP contribution in [-0.4, -0.2) is 34.6 Å². The summed E-state index contributed by atoms with van der Waals surface area (Å²) < 4.78 is 38.7. The van der Waals surface area contributed by atoms with Gasteiger partial charge in [0, 0.05) is 18.9 Å². The van der Waals surface area contributed by atoms with E-state index in [1.165, 1.54) is 6.20 Å². The Kier molecular flexibility index (Phi) is 4.07. The summed E-state index contributed by atoms with van der Waals surface area (Å²) in [6.07, 6.45) is -0.155. The summed E-state index contributed by atoms with van der Waals surface area (Å²) in [5.74, 6) is -0.477. The topological polar surface area (TPSA) is 33.2 Å². The molecule has 1 aromatic heterocycles. The Bertz CT molecular complexity index is 433. The van der Waals surface area contributed by atoms with Crippen molar-refractivity contribution in [3.8, 4) is 0 Å². The second kappa shape index (κ2) is 5.59. The van der Waals surface area contributed by atoms with E-state index in [1.54, 1.807) is 18.3 Å². The number of aromatic nitrogens is 1. The number of amides is 1. The maximum absolute atomic E-state index is 12.9. The summed E-state index contributed by atoms with van der Waals surface area (Å²) in [4.78, 5) is 16.8. The number of carbonyl (C=O) groups excluding carboxylic acids is 1. The van der Waals surface area contributed by atoms with Crippen molar-refractivity contribution >= 4 is 5.91 Å². The first-order chi connectivity index (χ1) is 8.98. The molecule has 2 rings (SSSR count). The van der Waals surface area contributed by atoms with Gasteiger partial charge in [0.05, 0.1) is 6.42 Å². The number of pyridine rings is 1. The Labute approximate surface area is 109 Å². The lowest BCUT2D eigenvalue weighted by Gasteiger charge is -2.36. The van der Waals surface area contributed by atoms with E-state index in [2.05, 4.69) is 4.98 Å². The maximum Gasteiger partial charge on any atom is 0.408 e. The largest absolute Gasteiger partial charge is 0.408 e. The highest BCUT2D eigenvalue weighted by Gasteiger charge is 2.45. The van der Waals surface area contributed by atoms with Gasteiger partial charge in [-0.3, -0.25) is 9.78 Å². The SMILES string of the molecule is O=C(Cc1cccnc1)N1CCCCC1C(F)(F)F. The average Bonchev–Trinajstić information content (AvgIpc) is 2.39. The molecule has 1 saturated heterocycles. The number of nitrogens with zero attached hydrogens (tertiary/aromatic N) is 2. The molecule has 0 aliphatic carbocycles. The van der Waals surface area contributed by atoms with E-state index in [0.717, 1.165) is 4.90 Å². The minimum atomic E-state index is -4.34. The van der Waals surface area contributed by atoms with Crippen LogP contribution in [0.25, 0.3) is 0 Å². The van der Waals surface area contributed by atoms with Gasteiger partial charge in [0.25, 0.3) is 0 Å². The number of hydrogen-bond acceptors (Lipinski definition) is 2. The fraction of sp³-hybridized carbons (Fsp3) is 0.538. The van der Waals surface area contributed by atoms with Crippen LogP contribution in [0.5, 0.6) is 0 Å². The molecule has 2 heterocycles. The lowest BCUT2D eigenvalue weighted by atomic mass is 10.0. The molecule has 1 fully saturated rings. The number of halogens is 3. The first-order valence-electron chi connectivity index (χ1n) is 6.23. The Hall–Kier alpha value is -1.59. The van der Waals surface area contributed by atoms with Crippen LogP contribution in [0.3, 0.4) is 0 Å². The van der Waals surface area contributed by atoms with Crippen molar-refractivity contribution in [2.24, 2.45) is 0 Å². The van der Waals surface area contributed by atoms with Crippen molar-refractivity contribution in [2.75, 3.05) is 6.54 Å². The number of rotatable bonds is 2. The van der Waals surface area contributed by atoms with E-state index in [1.807, 2.05) is 0 Å². The van der Waals surface area contributed by atoms with Crippen LogP contribution in [0.2, 0.25) is 0 Å². The monoisotopic (exact) mass is 272 g/mol. The second-order valence-corrected chi connectivity index (χ2v) is 4.68. The Morgan fingerprint density at radius 3 is 2.84 bits per heavy atom. The zero-order chi connectivity index (χ0) is 13.9. The molecule has 19 heavy (non-hydrogen) atoms. The fourth-order valence-electron chi connectivity index (χ4n) is 2.35. The molecule has 1 aliphatic heterocycles. The highest BCUT2D eigenvalue weighted by Crippen LogP contribution is 2.32. The predicted octanol–water partition coefficient (Wildman–Crippen LogP) is 2.57. The van der Waals surface area contributed by atoms with Gasteiger partial charge in [-0.2, -0.15) is 13.2 Å². The van der Waals surface area contributed by atoms with Crippen LogP contribution in [-0.2, 0) is 11.2 Å². The first-order valence-corrected chi connectivity index (χ1v) is 6.23. The minimum absolute atomic E-state index is 0.00226. The molecule has 1 aromatic rings. The lowest BCUT2D eigenvalue weighted by Crippen LogP contribution is -2.51. The lowest BCUT2D eigenvalue weighted by molar-refractivity contribution is -0.195. The van der Waals surface area contributed by atoms with Crippen molar-refractivity contribution in [3.05, 3.63) is 30.1 Å². The van der Waals surface area contributed by atoms with E-state index >= 15 is 0 Å². The number of piperidine rings is 1. The molecule has 0 radical (unpaired) electrons. The highest BCUT2D eigenvalue weighted by atomic mass is 19.4. The number of likely N-dealkylation sites (tertiary alicyclic amines) is 1. The minimum Gasteiger partial charge on any atom is -0.330 e. The third kappa shape index (κ3) is 3.45. The van der Waals surface area contributed by atoms with E-state index in [-0.39, 0.29) is 19.4 Å². The summed E-state index contributed by atoms with van der Waals surface area (Å²) in [6.45, 7) is 0.184. The maximum atomic E-state index is 12.9. The number of alkyl halides is 3. The Morgan fingerprint density at radius 1 is 1.42 bits per heavy atom. The smallest absolute Gasteiger partial charge is 0.330 e. The molecule has 1 atom stereocenters. The van der Waals surface area contributed by atoms with Gasteiger partial charge in [0.15, 0.2) is 0 Å². The molecule has 0 spiro atoms. The third-order valence-electron chi connectivity index (χ3n) is 3.28. The van der Waals surface area contributed by atoms with Crippen molar-refractivity contribution in [3.63, 3.8) is 0 Å². The van der Waals surface area contributed by atoms with Crippen molar-refractivity contribution in [2.45, 2.75) is 37.9 Å². The summed E-state index contributed by atoms with van der Waals surface area (Å²) in [7, 11) is 0. The third-order valence-corrected chi connectivity index (χ3v) is 3.28. The molecule has 1 amide bonds. The fourth-order valence-corrected chi connectivity index (χ4v) is 2.35. The second-order valence-electron chi connectivity index (χ2n) is 4.68. The van der Waals surface area contributed by atoms with Gasteiger partial charge in [0.1, 0.15) is 6.04 Å². The molecular weight excluding hydrogens is 257 g/mol. The molecule has 1 aliphatic rings. The van der Waals surface area contributed by atoms with Gasteiger partial charge in [-0.1, -0.05) is 6.07 Å². The molecule has 1 unspecified atom stereocenters. The molecule has 104 valence electrons. The van der Waals surface area contributed by atoms with Crippen LogP contribution < -0.4 is 0 Å². The molecule has 0 saturated carbocycles. The Balaban J connectivity index is 2.08. The van der Waals surface area contributed by atoms with Gasteiger partial charge in [0.2, 0.25) is 5.91 Å². The summed E-state index contributed by atoms with van der Waals surface area (Å²) in [5.41, 5.74) is 0.638. The molecule has 6 heteroatoms. The van der Waals surface area contributed by atoms with Crippen molar-refractivity contribution in [1.29, 1.82) is 0 Å². The van der Waals surface area contributed by atoms with Crippen LogP contribution >= 0.6 is 0 Å². The van der Waals surface area contributed by atoms with Gasteiger partial charge < -0.3 is 4.90 Å². The van der Waals surface area contributed by atoms with Gasteiger partial charge in [-0.25, -0.2) is 0 Å². The summed E-state index contributed by atoms with van der Waals surface area (Å²) >= 11 is 0. The van der Waals surface area contributed by atoms with Crippen LogP contribution in [0.4, 0.5) is 13.2 Å². The van der Waals surface area contributed by atoms with E-state index in [0.29, 0.717) is 18.4 Å². The van der Waals surface area contributed by atoms with E-state index in [4.69, 9.17) is 0 Å². The summed E-state index contributed by atoms with van der Waals surface area (Å²) in [5, 5.41) is 0. The van der Waals surface area contributed by atoms with E-state index in [9.17, 15) is 18.0 Å². The molecule has 3 nitrogen and oxygen atoms in total. The van der Waals surface area contributed by atoms with E-state index < -0.39 is 18.1 Å². The van der Waals surface area contributed by atoms with Crippen LogP contribution in [0.1, 0.15) is 24.8 Å². The molecule has 0 N–H and O–H groups in total. The standard InChI is InChI=1S/C13H15F3N2O/c14-13(15,16)11-5-1-2-7-18(11)12(19)8-10-4-3-6-17-9-10/h3-4,6,9,11H,1-2,5,7-8H2.